The second-order valence-corrected chi connectivity index (χ2v) is 3.28. The molecule has 0 fully saturated rings. The van der Waals surface area contributed by atoms with Gasteiger partial charge >= 0.3 is 0 Å². The molecule has 5 heteroatoms. The standard InChI is InChI=1S/C10H17N3O2/c1-8(2)14-5-6-15-10-9(7-11)12-3-4-13-10/h3-4,8H,5-7,11H2,1-2H3. The van der Waals surface area contributed by atoms with Crippen LogP contribution >= 0.6 is 0 Å². The summed E-state index contributed by atoms with van der Waals surface area (Å²) in [6, 6.07) is 0. The molecular formula is C10H17N3O2. The summed E-state index contributed by atoms with van der Waals surface area (Å²) in [7, 11) is 0. The highest BCUT2D eigenvalue weighted by molar-refractivity contribution is 5.16. The van der Waals surface area contributed by atoms with Crippen molar-refractivity contribution in [2.24, 2.45) is 5.73 Å². The van der Waals surface area contributed by atoms with E-state index in [1.54, 1.807) is 12.4 Å². The number of rotatable bonds is 6. The first-order valence-electron chi connectivity index (χ1n) is 4.98. The van der Waals surface area contributed by atoms with E-state index in [2.05, 4.69) is 9.97 Å². The second kappa shape index (κ2) is 6.31. The Balaban J connectivity index is 2.36. The molecule has 0 aromatic carbocycles. The van der Waals surface area contributed by atoms with Crippen LogP contribution in [0.4, 0.5) is 0 Å². The van der Waals surface area contributed by atoms with Gasteiger partial charge in [-0.2, -0.15) is 0 Å². The molecule has 15 heavy (non-hydrogen) atoms. The third-order valence-corrected chi connectivity index (χ3v) is 1.70. The zero-order chi connectivity index (χ0) is 11.1. The maximum absolute atomic E-state index is 5.49. The van der Waals surface area contributed by atoms with Crippen molar-refractivity contribution in [3.63, 3.8) is 0 Å². The van der Waals surface area contributed by atoms with Gasteiger partial charge in [-0.1, -0.05) is 0 Å². The van der Waals surface area contributed by atoms with Crippen molar-refractivity contribution in [1.29, 1.82) is 0 Å². The Kier molecular flexibility index (Phi) is 5.00. The predicted octanol–water partition coefficient (Wildman–Crippen LogP) is 0.739. The number of hydrogen-bond acceptors (Lipinski definition) is 5. The highest BCUT2D eigenvalue weighted by Gasteiger charge is 2.03. The van der Waals surface area contributed by atoms with Crippen LogP contribution in [0.25, 0.3) is 0 Å². The zero-order valence-electron chi connectivity index (χ0n) is 9.14. The third-order valence-electron chi connectivity index (χ3n) is 1.70. The molecule has 1 aromatic rings. The molecule has 0 unspecified atom stereocenters. The maximum atomic E-state index is 5.49. The van der Waals surface area contributed by atoms with E-state index in [1.807, 2.05) is 13.8 Å². The smallest absolute Gasteiger partial charge is 0.237 e. The largest absolute Gasteiger partial charge is 0.474 e. The Labute approximate surface area is 89.6 Å². The van der Waals surface area contributed by atoms with E-state index in [1.165, 1.54) is 0 Å². The first-order valence-corrected chi connectivity index (χ1v) is 4.98. The van der Waals surface area contributed by atoms with Gasteiger partial charge in [-0.15, -0.1) is 0 Å². The molecule has 0 amide bonds. The lowest BCUT2D eigenvalue weighted by Gasteiger charge is -2.09. The molecule has 2 N–H and O–H groups in total. The Morgan fingerprint density at radius 2 is 2.00 bits per heavy atom. The van der Waals surface area contributed by atoms with Crippen molar-refractivity contribution >= 4 is 0 Å². The van der Waals surface area contributed by atoms with E-state index in [0.717, 1.165) is 0 Å². The topological polar surface area (TPSA) is 70.3 Å². The number of nitrogens with zero attached hydrogens (tertiary/aromatic N) is 2. The molecule has 0 bridgehead atoms. The van der Waals surface area contributed by atoms with Crippen LogP contribution in [-0.4, -0.2) is 29.3 Å². The van der Waals surface area contributed by atoms with Gasteiger partial charge < -0.3 is 15.2 Å². The molecule has 1 aromatic heterocycles. The van der Waals surface area contributed by atoms with Gasteiger partial charge in [-0.3, -0.25) is 4.98 Å². The highest BCUT2D eigenvalue weighted by atomic mass is 16.5. The fourth-order valence-corrected chi connectivity index (χ4v) is 1.04. The predicted molar refractivity (Wildman–Crippen MR) is 56.5 cm³/mol. The quantitative estimate of drug-likeness (QED) is 0.703. The molecule has 84 valence electrons. The summed E-state index contributed by atoms with van der Waals surface area (Å²) in [4.78, 5) is 8.10. The minimum absolute atomic E-state index is 0.212. The normalized spacial score (nSPS) is 10.7. The molecule has 0 aliphatic carbocycles. The second-order valence-electron chi connectivity index (χ2n) is 3.28. The van der Waals surface area contributed by atoms with Crippen molar-refractivity contribution < 1.29 is 9.47 Å². The van der Waals surface area contributed by atoms with E-state index < -0.39 is 0 Å². The fraction of sp³-hybridized carbons (Fsp3) is 0.600. The first kappa shape index (κ1) is 11.9. The summed E-state index contributed by atoms with van der Waals surface area (Å²) in [6.45, 7) is 5.29. The van der Waals surface area contributed by atoms with Gasteiger partial charge in [0.25, 0.3) is 0 Å². The zero-order valence-corrected chi connectivity index (χ0v) is 9.14. The Morgan fingerprint density at radius 3 is 2.67 bits per heavy atom. The summed E-state index contributed by atoms with van der Waals surface area (Å²) in [6.07, 6.45) is 3.39. The van der Waals surface area contributed by atoms with E-state index >= 15 is 0 Å². The molecule has 1 rings (SSSR count). The van der Waals surface area contributed by atoms with Gasteiger partial charge in [0.2, 0.25) is 5.88 Å². The van der Waals surface area contributed by atoms with Crippen LogP contribution in [0.2, 0.25) is 0 Å². The molecular weight excluding hydrogens is 194 g/mol. The van der Waals surface area contributed by atoms with Gasteiger partial charge in [0.05, 0.1) is 12.7 Å². The third kappa shape index (κ3) is 4.22. The lowest BCUT2D eigenvalue weighted by molar-refractivity contribution is 0.0539. The van der Waals surface area contributed by atoms with Crippen molar-refractivity contribution in [2.45, 2.75) is 26.5 Å². The van der Waals surface area contributed by atoms with Crippen LogP contribution in [0.1, 0.15) is 19.5 Å². The molecule has 0 aliphatic rings. The van der Waals surface area contributed by atoms with Crippen molar-refractivity contribution in [3.8, 4) is 5.88 Å². The monoisotopic (exact) mass is 211 g/mol. The van der Waals surface area contributed by atoms with E-state index in [0.29, 0.717) is 31.3 Å². The Bertz CT molecular complexity index is 292. The number of nitrogens with two attached hydrogens (primary N) is 1. The van der Waals surface area contributed by atoms with E-state index in [-0.39, 0.29) is 6.10 Å². The number of hydrogen-bond donors (Lipinski definition) is 1. The summed E-state index contributed by atoms with van der Waals surface area (Å²) in [5, 5.41) is 0. The minimum Gasteiger partial charge on any atom is -0.474 e. The first-order chi connectivity index (χ1) is 7.24. The Morgan fingerprint density at radius 1 is 1.27 bits per heavy atom. The van der Waals surface area contributed by atoms with Gasteiger partial charge in [0.1, 0.15) is 12.3 Å². The van der Waals surface area contributed by atoms with Crippen molar-refractivity contribution in [2.75, 3.05) is 13.2 Å². The van der Waals surface area contributed by atoms with Crippen LogP contribution in [0.5, 0.6) is 5.88 Å². The van der Waals surface area contributed by atoms with Crippen molar-refractivity contribution in [3.05, 3.63) is 18.1 Å². The van der Waals surface area contributed by atoms with Crippen LogP contribution in [-0.2, 0) is 11.3 Å². The van der Waals surface area contributed by atoms with Crippen LogP contribution < -0.4 is 10.5 Å². The molecule has 1 heterocycles. The summed E-state index contributed by atoms with van der Waals surface area (Å²) in [5.74, 6) is 0.493. The van der Waals surface area contributed by atoms with Crippen LogP contribution in [0, 0.1) is 0 Å². The summed E-state index contributed by atoms with van der Waals surface area (Å²) in [5.41, 5.74) is 6.16. The number of ether oxygens (including phenoxy) is 2. The summed E-state index contributed by atoms with van der Waals surface area (Å²) < 4.78 is 10.7. The summed E-state index contributed by atoms with van der Waals surface area (Å²) >= 11 is 0. The van der Waals surface area contributed by atoms with Gasteiger partial charge in [0, 0.05) is 18.9 Å². The number of aromatic nitrogens is 2. The highest BCUT2D eigenvalue weighted by Crippen LogP contribution is 2.09. The molecule has 0 aliphatic heterocycles. The van der Waals surface area contributed by atoms with E-state index in [4.69, 9.17) is 15.2 Å². The SMILES string of the molecule is CC(C)OCCOc1nccnc1CN. The maximum Gasteiger partial charge on any atom is 0.237 e. The lowest BCUT2D eigenvalue weighted by Crippen LogP contribution is -2.13. The average Bonchev–Trinajstić information content (AvgIpc) is 2.24. The molecule has 0 radical (unpaired) electrons. The van der Waals surface area contributed by atoms with Gasteiger partial charge in [-0.05, 0) is 13.8 Å². The van der Waals surface area contributed by atoms with Crippen LogP contribution in [0.3, 0.4) is 0 Å². The molecule has 5 nitrogen and oxygen atoms in total. The molecule has 0 spiro atoms. The van der Waals surface area contributed by atoms with Gasteiger partial charge in [0.15, 0.2) is 0 Å². The molecule has 0 saturated heterocycles. The minimum atomic E-state index is 0.212. The fourth-order valence-electron chi connectivity index (χ4n) is 1.04. The van der Waals surface area contributed by atoms with Gasteiger partial charge in [-0.25, -0.2) is 4.98 Å². The van der Waals surface area contributed by atoms with Crippen molar-refractivity contribution in [1.82, 2.24) is 9.97 Å². The van der Waals surface area contributed by atoms with Crippen LogP contribution in [0.15, 0.2) is 12.4 Å². The van der Waals surface area contributed by atoms with E-state index in [9.17, 15) is 0 Å². The average molecular weight is 211 g/mol. The molecule has 0 saturated carbocycles. The lowest BCUT2D eigenvalue weighted by atomic mass is 10.4. The molecule has 0 atom stereocenters. The Hall–Kier alpha value is -1.20.